The highest BCUT2D eigenvalue weighted by atomic mass is 35.5. The first kappa shape index (κ1) is 24.6. The van der Waals surface area contributed by atoms with Crippen molar-refractivity contribution >= 4 is 44.8 Å². The number of primary sulfonamides is 1. The van der Waals surface area contributed by atoms with Crippen LogP contribution in [-0.4, -0.2) is 30.2 Å². The van der Waals surface area contributed by atoms with Gasteiger partial charge in [0.25, 0.3) is 0 Å². The highest BCUT2D eigenvalue weighted by Gasteiger charge is 2.47. The standard InChI is InChI=1S/C23H19ClN6O3S2/c1-2-20-29-19(11-34-20)30-22(31)28-18(12-35(26,32)33)14-5-6-15(17(24)10-14)16-4-3-9-27-21(16)23(13-25)7-8-23/h1,3-6,9-11,18H,7-8,12H2,(H2,26,32,33)(H2,28,30,31)/t18-/m0/s1. The molecule has 3 aromatic rings. The molecule has 35 heavy (non-hydrogen) atoms. The Kier molecular flexibility index (Phi) is 6.79. The number of carbonyl (C=O) groups is 1. The molecule has 12 heteroatoms. The first-order valence-corrected chi connectivity index (χ1v) is 13.3. The number of aromatic nitrogens is 2. The molecule has 1 aliphatic carbocycles. The lowest BCUT2D eigenvalue weighted by molar-refractivity contribution is 0.249. The molecule has 1 aromatic carbocycles. The summed E-state index contributed by atoms with van der Waals surface area (Å²) >= 11 is 7.78. The molecule has 2 amide bonds. The second-order valence-electron chi connectivity index (χ2n) is 8.00. The van der Waals surface area contributed by atoms with Gasteiger partial charge in [0.15, 0.2) is 5.01 Å². The summed E-state index contributed by atoms with van der Waals surface area (Å²) in [5, 5.41) is 22.3. The number of terminal acetylenes is 1. The lowest BCUT2D eigenvalue weighted by Crippen LogP contribution is -2.37. The number of sulfonamides is 1. The molecule has 2 heterocycles. The van der Waals surface area contributed by atoms with E-state index >= 15 is 0 Å². The molecule has 2 aromatic heterocycles. The molecule has 178 valence electrons. The van der Waals surface area contributed by atoms with Gasteiger partial charge in [-0.25, -0.2) is 23.3 Å². The SMILES string of the molecule is C#Cc1nc(NC(=O)N[C@@H](CS(N)(=O)=O)c2ccc(-c3cccnc3C3(C#N)CC3)c(Cl)c2)cs1. The monoisotopic (exact) mass is 526 g/mol. The maximum atomic E-state index is 12.5. The van der Waals surface area contributed by atoms with Gasteiger partial charge in [-0.15, -0.1) is 17.8 Å². The van der Waals surface area contributed by atoms with Gasteiger partial charge >= 0.3 is 6.03 Å². The van der Waals surface area contributed by atoms with Gasteiger partial charge in [0.2, 0.25) is 10.0 Å². The molecule has 1 aliphatic rings. The number of halogens is 1. The van der Waals surface area contributed by atoms with E-state index in [0.29, 0.717) is 26.9 Å². The average Bonchev–Trinajstić information content (AvgIpc) is 3.49. The van der Waals surface area contributed by atoms with Crippen LogP contribution in [0.4, 0.5) is 10.6 Å². The van der Waals surface area contributed by atoms with Gasteiger partial charge in [0.1, 0.15) is 11.2 Å². The van der Waals surface area contributed by atoms with E-state index in [-0.39, 0.29) is 5.82 Å². The number of benzene rings is 1. The summed E-state index contributed by atoms with van der Waals surface area (Å²) in [6, 6.07) is 9.19. The Morgan fingerprint density at radius 2 is 2.11 bits per heavy atom. The van der Waals surface area contributed by atoms with Crippen LogP contribution < -0.4 is 15.8 Å². The van der Waals surface area contributed by atoms with Crippen molar-refractivity contribution in [3.63, 3.8) is 0 Å². The number of nitrogens with one attached hydrogen (secondary N) is 2. The zero-order valence-corrected chi connectivity index (χ0v) is 20.5. The van der Waals surface area contributed by atoms with Gasteiger partial charge in [-0.2, -0.15) is 5.26 Å². The van der Waals surface area contributed by atoms with Crippen LogP contribution in [0.15, 0.2) is 41.9 Å². The van der Waals surface area contributed by atoms with Gasteiger partial charge in [0.05, 0.1) is 23.6 Å². The number of hydrogen-bond acceptors (Lipinski definition) is 7. The number of urea groups is 1. The normalized spacial score (nSPS) is 14.9. The first-order valence-electron chi connectivity index (χ1n) is 10.3. The van der Waals surface area contributed by atoms with Crippen molar-refractivity contribution in [3.8, 4) is 29.5 Å². The van der Waals surface area contributed by atoms with Crippen molar-refractivity contribution in [3.05, 3.63) is 63.2 Å². The largest absolute Gasteiger partial charge is 0.330 e. The van der Waals surface area contributed by atoms with E-state index in [9.17, 15) is 18.5 Å². The minimum absolute atomic E-state index is 0.235. The van der Waals surface area contributed by atoms with E-state index in [2.05, 4.69) is 32.6 Å². The van der Waals surface area contributed by atoms with Crippen LogP contribution in [-0.2, 0) is 15.4 Å². The number of thiazole rings is 1. The summed E-state index contributed by atoms with van der Waals surface area (Å²) in [4.78, 5) is 21.0. The smallest absolute Gasteiger partial charge is 0.320 e. The van der Waals surface area contributed by atoms with E-state index < -0.39 is 33.3 Å². The van der Waals surface area contributed by atoms with Crippen LogP contribution >= 0.6 is 22.9 Å². The molecule has 1 fully saturated rings. The molecule has 9 nitrogen and oxygen atoms in total. The zero-order chi connectivity index (χ0) is 25.2. The molecule has 1 saturated carbocycles. The minimum Gasteiger partial charge on any atom is -0.330 e. The molecule has 4 rings (SSSR count). The molecule has 1 atom stereocenters. The molecule has 0 spiro atoms. The van der Waals surface area contributed by atoms with Crippen molar-refractivity contribution in [2.24, 2.45) is 5.14 Å². The summed E-state index contributed by atoms with van der Waals surface area (Å²) in [7, 11) is -3.96. The van der Waals surface area contributed by atoms with Gasteiger partial charge in [-0.1, -0.05) is 29.8 Å². The number of nitriles is 1. The summed E-state index contributed by atoms with van der Waals surface area (Å²) in [6.07, 6.45) is 8.37. The number of anilines is 1. The van der Waals surface area contributed by atoms with Gasteiger partial charge in [-0.3, -0.25) is 10.3 Å². The summed E-state index contributed by atoms with van der Waals surface area (Å²) < 4.78 is 23.7. The Hall–Kier alpha value is -3.48. The Balaban J connectivity index is 1.62. The predicted octanol–water partition coefficient (Wildman–Crippen LogP) is 3.55. The molecule has 0 saturated heterocycles. The third kappa shape index (κ3) is 5.61. The third-order valence-electron chi connectivity index (χ3n) is 5.48. The van der Waals surface area contributed by atoms with Crippen molar-refractivity contribution < 1.29 is 13.2 Å². The molecule has 0 aliphatic heterocycles. The van der Waals surface area contributed by atoms with Gasteiger partial charge in [0, 0.05) is 27.7 Å². The second kappa shape index (κ2) is 9.64. The van der Waals surface area contributed by atoms with E-state index in [1.165, 1.54) is 11.3 Å². The lowest BCUT2D eigenvalue weighted by Gasteiger charge is -2.20. The molecule has 4 N–H and O–H groups in total. The number of amides is 2. The molecule has 0 bridgehead atoms. The van der Waals surface area contributed by atoms with Gasteiger partial charge < -0.3 is 5.32 Å². The Morgan fingerprint density at radius 1 is 1.34 bits per heavy atom. The molecule has 0 radical (unpaired) electrons. The van der Waals surface area contributed by atoms with Crippen LogP contribution in [0.3, 0.4) is 0 Å². The van der Waals surface area contributed by atoms with E-state index in [4.69, 9.17) is 23.2 Å². The average molecular weight is 527 g/mol. The number of nitrogens with zero attached hydrogens (tertiary/aromatic N) is 3. The summed E-state index contributed by atoms with van der Waals surface area (Å²) in [6.45, 7) is 0. The van der Waals surface area contributed by atoms with Gasteiger partial charge in [-0.05, 0) is 36.5 Å². The third-order valence-corrected chi connectivity index (χ3v) is 7.37. The summed E-state index contributed by atoms with van der Waals surface area (Å²) in [5.74, 6) is 2.04. The summed E-state index contributed by atoms with van der Waals surface area (Å²) in [5.41, 5.74) is 1.83. The van der Waals surface area contributed by atoms with Crippen LogP contribution in [0.5, 0.6) is 0 Å². The van der Waals surface area contributed by atoms with Crippen molar-refractivity contribution in [1.29, 1.82) is 5.26 Å². The lowest BCUT2D eigenvalue weighted by atomic mass is 9.93. The highest BCUT2D eigenvalue weighted by molar-refractivity contribution is 7.89. The fraction of sp³-hybridized carbons (Fsp3) is 0.217. The number of carbonyl (C=O) groups excluding carboxylic acids is 1. The minimum atomic E-state index is -3.96. The number of rotatable bonds is 7. The molecular formula is C23H19ClN6O3S2. The molecular weight excluding hydrogens is 508 g/mol. The Bertz CT molecular complexity index is 1490. The van der Waals surface area contributed by atoms with Crippen molar-refractivity contribution in [2.45, 2.75) is 24.3 Å². The van der Waals surface area contributed by atoms with E-state index in [1.54, 1.807) is 35.8 Å². The number of nitrogens with two attached hydrogens (primary N) is 1. The topological polar surface area (TPSA) is 151 Å². The Morgan fingerprint density at radius 3 is 2.71 bits per heavy atom. The number of hydrogen-bond donors (Lipinski definition) is 3. The number of pyridine rings is 1. The van der Waals surface area contributed by atoms with E-state index in [1.807, 2.05) is 6.07 Å². The maximum absolute atomic E-state index is 12.5. The fourth-order valence-corrected chi connectivity index (χ4v) is 5.24. The van der Waals surface area contributed by atoms with Crippen LogP contribution in [0, 0.1) is 23.7 Å². The maximum Gasteiger partial charge on any atom is 0.320 e. The predicted molar refractivity (Wildman–Crippen MR) is 134 cm³/mol. The zero-order valence-electron chi connectivity index (χ0n) is 18.2. The molecule has 0 unspecified atom stereocenters. The van der Waals surface area contributed by atoms with Crippen LogP contribution in [0.1, 0.15) is 35.1 Å². The second-order valence-corrected chi connectivity index (χ2v) is 10.9. The van der Waals surface area contributed by atoms with Crippen molar-refractivity contribution in [1.82, 2.24) is 15.3 Å². The van der Waals surface area contributed by atoms with Crippen LogP contribution in [0.2, 0.25) is 5.02 Å². The van der Waals surface area contributed by atoms with Crippen LogP contribution in [0.25, 0.3) is 11.1 Å². The Labute approximate surface area is 211 Å². The quantitative estimate of drug-likeness (QED) is 0.400. The highest BCUT2D eigenvalue weighted by Crippen LogP contribution is 2.50. The van der Waals surface area contributed by atoms with E-state index in [0.717, 1.165) is 18.4 Å². The fourth-order valence-electron chi connectivity index (χ4n) is 3.66. The van der Waals surface area contributed by atoms with Crippen molar-refractivity contribution in [2.75, 3.05) is 11.1 Å². The first-order chi connectivity index (χ1) is 16.6.